The zero-order valence-corrected chi connectivity index (χ0v) is 10.3. The van der Waals surface area contributed by atoms with Crippen LogP contribution in [0.4, 0.5) is 5.69 Å². The predicted molar refractivity (Wildman–Crippen MR) is 62.7 cm³/mol. The number of hydrogen-bond acceptors (Lipinski definition) is 3. The maximum atomic E-state index is 11.6. The van der Waals surface area contributed by atoms with Crippen LogP contribution >= 0.6 is 15.9 Å². The van der Waals surface area contributed by atoms with Crippen LogP contribution in [-0.2, 0) is 9.59 Å². The van der Waals surface area contributed by atoms with E-state index in [-0.39, 0.29) is 12.2 Å². The third kappa shape index (κ3) is 1.82. The van der Waals surface area contributed by atoms with Gasteiger partial charge in [-0.2, -0.15) is 0 Å². The SMILES string of the molecule is COc1ccc(Br)cc1N1CCC(=O)C1=O. The monoisotopic (exact) mass is 283 g/mol. The highest BCUT2D eigenvalue weighted by atomic mass is 79.9. The lowest BCUT2D eigenvalue weighted by Gasteiger charge is -2.18. The van der Waals surface area contributed by atoms with Gasteiger partial charge in [0.15, 0.2) is 0 Å². The largest absolute Gasteiger partial charge is 0.495 e. The minimum absolute atomic E-state index is 0.272. The number of ketones is 1. The number of halogens is 1. The molecule has 0 N–H and O–H groups in total. The Kier molecular flexibility index (Phi) is 2.96. The van der Waals surface area contributed by atoms with Crippen molar-refractivity contribution in [3.8, 4) is 5.75 Å². The van der Waals surface area contributed by atoms with E-state index in [4.69, 9.17) is 4.74 Å². The first-order chi connectivity index (χ1) is 7.63. The molecule has 2 rings (SSSR count). The maximum Gasteiger partial charge on any atom is 0.294 e. The van der Waals surface area contributed by atoms with Crippen molar-refractivity contribution in [1.29, 1.82) is 0 Å². The molecule has 0 atom stereocenters. The molecular weight excluding hydrogens is 274 g/mol. The van der Waals surface area contributed by atoms with Crippen LogP contribution < -0.4 is 9.64 Å². The van der Waals surface area contributed by atoms with Crippen molar-refractivity contribution in [2.75, 3.05) is 18.6 Å². The zero-order valence-electron chi connectivity index (χ0n) is 8.70. The Bertz CT molecular complexity index is 459. The second-order valence-corrected chi connectivity index (χ2v) is 4.36. The van der Waals surface area contributed by atoms with Gasteiger partial charge in [-0.3, -0.25) is 9.59 Å². The molecular formula is C11H10BrNO3. The molecule has 0 bridgehead atoms. The van der Waals surface area contributed by atoms with Gasteiger partial charge in [0, 0.05) is 17.4 Å². The smallest absolute Gasteiger partial charge is 0.294 e. The van der Waals surface area contributed by atoms with Gasteiger partial charge in [-0.05, 0) is 18.2 Å². The van der Waals surface area contributed by atoms with E-state index >= 15 is 0 Å². The summed E-state index contributed by atoms with van der Waals surface area (Å²) in [5.74, 6) is -0.218. The van der Waals surface area contributed by atoms with Crippen molar-refractivity contribution in [3.05, 3.63) is 22.7 Å². The van der Waals surface area contributed by atoms with Crippen molar-refractivity contribution in [2.45, 2.75) is 6.42 Å². The van der Waals surface area contributed by atoms with Crippen LogP contribution in [0.25, 0.3) is 0 Å². The number of amides is 1. The molecule has 1 aromatic rings. The number of rotatable bonds is 2. The minimum atomic E-state index is -0.462. The molecule has 0 unspecified atom stereocenters. The van der Waals surface area contributed by atoms with Gasteiger partial charge < -0.3 is 9.64 Å². The second kappa shape index (κ2) is 4.25. The summed E-state index contributed by atoms with van der Waals surface area (Å²) in [5.41, 5.74) is 0.632. The molecule has 1 saturated heterocycles. The van der Waals surface area contributed by atoms with Gasteiger partial charge in [-0.15, -0.1) is 0 Å². The predicted octanol–water partition coefficient (Wildman–Crippen LogP) is 1.76. The molecule has 16 heavy (non-hydrogen) atoms. The van der Waals surface area contributed by atoms with Crippen molar-refractivity contribution in [2.24, 2.45) is 0 Å². The molecule has 0 saturated carbocycles. The average molecular weight is 284 g/mol. The topological polar surface area (TPSA) is 46.6 Å². The number of Topliss-reactive ketones (excluding diaryl/α,β-unsaturated/α-hetero) is 1. The molecule has 1 amide bonds. The summed E-state index contributed by atoms with van der Waals surface area (Å²) in [7, 11) is 1.54. The Hall–Kier alpha value is -1.36. The summed E-state index contributed by atoms with van der Waals surface area (Å²) in [4.78, 5) is 24.2. The summed E-state index contributed by atoms with van der Waals surface area (Å²) in [6.45, 7) is 0.421. The van der Waals surface area contributed by atoms with Crippen LogP contribution in [0.1, 0.15) is 6.42 Å². The summed E-state index contributed by atoms with van der Waals surface area (Å²) in [5, 5.41) is 0. The highest BCUT2D eigenvalue weighted by Gasteiger charge is 2.31. The van der Waals surface area contributed by atoms with E-state index in [2.05, 4.69) is 15.9 Å². The van der Waals surface area contributed by atoms with E-state index in [9.17, 15) is 9.59 Å². The summed E-state index contributed by atoms with van der Waals surface area (Å²) in [6, 6.07) is 5.36. The first kappa shape index (κ1) is 11.1. The standard InChI is InChI=1S/C11H10BrNO3/c1-16-10-3-2-7(12)6-8(10)13-5-4-9(14)11(13)15/h2-3,6H,4-5H2,1H3. The van der Waals surface area contributed by atoms with E-state index in [0.717, 1.165) is 4.47 Å². The third-order valence-corrected chi connectivity index (χ3v) is 2.97. The average Bonchev–Trinajstić information content (AvgIpc) is 2.60. The number of anilines is 1. The van der Waals surface area contributed by atoms with Crippen LogP contribution in [0.15, 0.2) is 22.7 Å². The molecule has 5 heteroatoms. The number of carbonyl (C=O) groups excluding carboxylic acids is 2. The van der Waals surface area contributed by atoms with Crippen molar-refractivity contribution < 1.29 is 14.3 Å². The number of methoxy groups -OCH3 is 1. The van der Waals surface area contributed by atoms with Gasteiger partial charge in [-0.25, -0.2) is 0 Å². The van der Waals surface area contributed by atoms with Gasteiger partial charge in [0.2, 0.25) is 5.78 Å². The normalized spacial score (nSPS) is 15.8. The Labute approximate surface area is 101 Å². The van der Waals surface area contributed by atoms with Crippen molar-refractivity contribution >= 4 is 33.3 Å². The molecule has 0 spiro atoms. The van der Waals surface area contributed by atoms with E-state index in [1.165, 1.54) is 12.0 Å². The quantitative estimate of drug-likeness (QED) is 0.777. The second-order valence-electron chi connectivity index (χ2n) is 3.45. The molecule has 84 valence electrons. The van der Waals surface area contributed by atoms with Gasteiger partial charge in [0.1, 0.15) is 5.75 Å². The van der Waals surface area contributed by atoms with Crippen LogP contribution in [0, 0.1) is 0 Å². The van der Waals surface area contributed by atoms with E-state index in [1.54, 1.807) is 12.1 Å². The zero-order chi connectivity index (χ0) is 11.7. The molecule has 0 radical (unpaired) electrons. The molecule has 0 aromatic heterocycles. The van der Waals surface area contributed by atoms with Crippen LogP contribution in [0.2, 0.25) is 0 Å². The fraction of sp³-hybridized carbons (Fsp3) is 0.273. The molecule has 0 aliphatic carbocycles. The summed E-state index contributed by atoms with van der Waals surface area (Å²) >= 11 is 3.33. The van der Waals surface area contributed by atoms with E-state index < -0.39 is 5.91 Å². The number of nitrogens with zero attached hydrogens (tertiary/aromatic N) is 1. The highest BCUT2D eigenvalue weighted by Crippen LogP contribution is 2.33. The molecule has 4 nitrogen and oxygen atoms in total. The van der Waals surface area contributed by atoms with Gasteiger partial charge in [-0.1, -0.05) is 15.9 Å². The first-order valence-corrected chi connectivity index (χ1v) is 5.61. The van der Waals surface area contributed by atoms with Crippen molar-refractivity contribution in [3.63, 3.8) is 0 Å². The van der Waals surface area contributed by atoms with Crippen molar-refractivity contribution in [1.82, 2.24) is 0 Å². The fourth-order valence-electron chi connectivity index (χ4n) is 1.68. The first-order valence-electron chi connectivity index (χ1n) is 4.81. The van der Waals surface area contributed by atoms with Gasteiger partial charge in [0.05, 0.1) is 12.8 Å². The minimum Gasteiger partial charge on any atom is -0.495 e. The molecule has 1 aliphatic rings. The Morgan fingerprint density at radius 1 is 1.38 bits per heavy atom. The lowest BCUT2D eigenvalue weighted by Crippen LogP contribution is -2.27. The maximum absolute atomic E-state index is 11.6. The summed E-state index contributed by atoms with van der Waals surface area (Å²) in [6.07, 6.45) is 0.272. The molecule has 1 aromatic carbocycles. The van der Waals surface area contributed by atoms with E-state index in [0.29, 0.717) is 18.0 Å². The number of ether oxygens (including phenoxy) is 1. The Balaban J connectivity index is 2.43. The Morgan fingerprint density at radius 3 is 2.69 bits per heavy atom. The number of carbonyl (C=O) groups is 2. The molecule has 1 fully saturated rings. The van der Waals surface area contributed by atoms with Gasteiger partial charge in [0.25, 0.3) is 5.91 Å². The number of hydrogen-bond donors (Lipinski definition) is 0. The highest BCUT2D eigenvalue weighted by molar-refractivity contribution is 9.10. The lowest BCUT2D eigenvalue weighted by atomic mass is 10.2. The fourth-order valence-corrected chi connectivity index (χ4v) is 2.03. The third-order valence-electron chi connectivity index (χ3n) is 2.48. The number of benzene rings is 1. The molecule has 1 heterocycles. The van der Waals surface area contributed by atoms with Crippen LogP contribution in [-0.4, -0.2) is 25.3 Å². The van der Waals surface area contributed by atoms with Gasteiger partial charge >= 0.3 is 0 Å². The van der Waals surface area contributed by atoms with Crippen LogP contribution in [0.5, 0.6) is 5.75 Å². The molecule has 1 aliphatic heterocycles. The van der Waals surface area contributed by atoms with Crippen LogP contribution in [0.3, 0.4) is 0 Å². The summed E-state index contributed by atoms with van der Waals surface area (Å²) < 4.78 is 6.01. The van der Waals surface area contributed by atoms with E-state index in [1.807, 2.05) is 6.07 Å². The lowest BCUT2D eigenvalue weighted by molar-refractivity contribution is -0.133. The Morgan fingerprint density at radius 2 is 2.12 bits per heavy atom.